The minimum Gasteiger partial charge on any atom is -0.482 e. The van der Waals surface area contributed by atoms with Crippen LogP contribution in [-0.4, -0.2) is 18.7 Å². The lowest BCUT2D eigenvalue weighted by Crippen LogP contribution is -2.24. The third kappa shape index (κ3) is 4.71. The molecule has 116 valence electrons. The Labute approximate surface area is 145 Å². The van der Waals surface area contributed by atoms with Crippen molar-refractivity contribution in [3.05, 3.63) is 50.3 Å². The molecule has 0 aliphatic heterocycles. The van der Waals surface area contributed by atoms with Gasteiger partial charge in [-0.25, -0.2) is 5.43 Å². The fourth-order valence-electron chi connectivity index (χ4n) is 1.82. The Morgan fingerprint density at radius 3 is 2.77 bits per heavy atom. The van der Waals surface area contributed by atoms with E-state index in [-0.39, 0.29) is 12.5 Å². The highest BCUT2D eigenvalue weighted by Gasteiger charge is 2.08. The highest BCUT2D eigenvalue weighted by molar-refractivity contribution is 9.10. The van der Waals surface area contributed by atoms with Gasteiger partial charge in [0.25, 0.3) is 5.91 Å². The molecule has 1 N–H and O–H groups in total. The third-order valence-corrected chi connectivity index (χ3v) is 3.71. The number of hydrogen-bond donors (Lipinski definition) is 1. The van der Waals surface area contributed by atoms with Gasteiger partial charge in [0.15, 0.2) is 11.3 Å². The number of hydrazone groups is 1. The predicted molar refractivity (Wildman–Crippen MR) is 91.3 cm³/mol. The number of hydrogen-bond acceptors (Lipinski definition) is 4. The first-order chi connectivity index (χ1) is 10.5. The number of nitrogens with one attached hydrogen (secondary N) is 1. The normalized spacial score (nSPS) is 10.9. The van der Waals surface area contributed by atoms with Crippen molar-refractivity contribution < 1.29 is 13.9 Å². The Kier molecular flexibility index (Phi) is 5.79. The number of carbonyl (C=O) groups is 1. The summed E-state index contributed by atoms with van der Waals surface area (Å²) in [4.78, 5) is 11.7. The number of halogens is 2. The van der Waals surface area contributed by atoms with E-state index in [0.29, 0.717) is 16.2 Å². The van der Waals surface area contributed by atoms with Gasteiger partial charge in [-0.05, 0) is 75.0 Å². The van der Waals surface area contributed by atoms with Crippen molar-refractivity contribution in [2.75, 3.05) is 6.61 Å². The van der Waals surface area contributed by atoms with Gasteiger partial charge in [-0.15, -0.1) is 0 Å². The van der Waals surface area contributed by atoms with Crippen LogP contribution >= 0.6 is 31.9 Å². The van der Waals surface area contributed by atoms with Crippen molar-refractivity contribution in [3.63, 3.8) is 0 Å². The molecule has 7 heteroatoms. The van der Waals surface area contributed by atoms with Gasteiger partial charge in [-0.2, -0.15) is 5.10 Å². The zero-order valence-electron chi connectivity index (χ0n) is 12.0. The molecule has 0 radical (unpaired) electrons. The molecule has 5 nitrogen and oxygen atoms in total. The van der Waals surface area contributed by atoms with E-state index in [0.717, 1.165) is 15.6 Å². The number of ether oxygens (including phenoxy) is 1. The zero-order valence-corrected chi connectivity index (χ0v) is 15.2. The minimum absolute atomic E-state index is 0.123. The number of rotatable bonds is 5. The predicted octanol–water partition coefficient (Wildman–Crippen LogP) is 3.95. The van der Waals surface area contributed by atoms with Crippen LogP contribution in [-0.2, 0) is 4.79 Å². The van der Waals surface area contributed by atoms with Crippen molar-refractivity contribution in [3.8, 4) is 5.75 Å². The van der Waals surface area contributed by atoms with Gasteiger partial charge < -0.3 is 9.15 Å². The Balaban J connectivity index is 1.87. The fraction of sp³-hybridized carbons (Fsp3) is 0.200. The molecule has 0 saturated carbocycles. The van der Waals surface area contributed by atoms with Crippen molar-refractivity contribution in [1.82, 2.24) is 5.43 Å². The van der Waals surface area contributed by atoms with Crippen LogP contribution < -0.4 is 10.2 Å². The topological polar surface area (TPSA) is 63.8 Å². The summed E-state index contributed by atoms with van der Waals surface area (Å²) < 4.78 is 12.2. The maximum absolute atomic E-state index is 11.7. The van der Waals surface area contributed by atoms with Crippen LogP contribution in [0.2, 0.25) is 0 Å². The second kappa shape index (κ2) is 7.60. The number of aryl methyl sites for hydroxylation is 2. The second-order valence-electron chi connectivity index (χ2n) is 4.62. The van der Waals surface area contributed by atoms with E-state index < -0.39 is 0 Å². The van der Waals surface area contributed by atoms with Gasteiger partial charge in [0.2, 0.25) is 0 Å². The molecule has 22 heavy (non-hydrogen) atoms. The molecular formula is C15H14Br2N2O3. The minimum atomic E-state index is -0.353. The lowest BCUT2D eigenvalue weighted by atomic mass is 10.1. The van der Waals surface area contributed by atoms with Crippen LogP contribution in [0.3, 0.4) is 0 Å². The summed E-state index contributed by atoms with van der Waals surface area (Å²) in [5, 5.41) is 3.80. The zero-order chi connectivity index (χ0) is 16.1. The summed E-state index contributed by atoms with van der Waals surface area (Å²) in [5.74, 6) is 0.832. The lowest BCUT2D eigenvalue weighted by molar-refractivity contribution is -0.123. The molecule has 0 fully saturated rings. The van der Waals surface area contributed by atoms with Gasteiger partial charge in [-0.1, -0.05) is 6.07 Å². The molecular weight excluding hydrogens is 416 g/mol. The SMILES string of the molecule is Cc1cc(C)c(OCC(=O)N/N=C\c2ccc(Br)o2)c(Br)c1. The highest BCUT2D eigenvalue weighted by Crippen LogP contribution is 2.30. The van der Waals surface area contributed by atoms with Crippen molar-refractivity contribution in [1.29, 1.82) is 0 Å². The Morgan fingerprint density at radius 2 is 2.14 bits per heavy atom. The van der Waals surface area contributed by atoms with Crippen molar-refractivity contribution in [2.24, 2.45) is 5.10 Å². The lowest BCUT2D eigenvalue weighted by Gasteiger charge is -2.11. The number of amides is 1. The van der Waals surface area contributed by atoms with E-state index in [1.165, 1.54) is 6.21 Å². The van der Waals surface area contributed by atoms with E-state index in [1.54, 1.807) is 12.1 Å². The van der Waals surface area contributed by atoms with E-state index in [1.807, 2.05) is 26.0 Å². The van der Waals surface area contributed by atoms with Crippen LogP contribution in [0.4, 0.5) is 0 Å². The molecule has 1 aromatic heterocycles. The van der Waals surface area contributed by atoms with E-state index in [2.05, 4.69) is 42.4 Å². The monoisotopic (exact) mass is 428 g/mol. The maximum atomic E-state index is 11.7. The quantitative estimate of drug-likeness (QED) is 0.578. The molecule has 0 aliphatic carbocycles. The number of nitrogens with zero attached hydrogens (tertiary/aromatic N) is 1. The summed E-state index contributed by atoms with van der Waals surface area (Å²) in [6, 6.07) is 7.39. The first kappa shape index (κ1) is 16.8. The summed E-state index contributed by atoms with van der Waals surface area (Å²) in [5.41, 5.74) is 4.46. The van der Waals surface area contributed by atoms with Gasteiger partial charge in [-0.3, -0.25) is 4.79 Å². The fourth-order valence-corrected chi connectivity index (χ4v) is 2.93. The van der Waals surface area contributed by atoms with E-state index in [9.17, 15) is 4.79 Å². The van der Waals surface area contributed by atoms with Gasteiger partial charge in [0.05, 0.1) is 10.7 Å². The molecule has 0 atom stereocenters. The molecule has 2 rings (SSSR count). The molecule has 0 unspecified atom stereocenters. The third-order valence-electron chi connectivity index (χ3n) is 2.70. The average Bonchev–Trinajstić information content (AvgIpc) is 2.83. The summed E-state index contributed by atoms with van der Waals surface area (Å²) in [6.45, 7) is 3.80. The van der Waals surface area contributed by atoms with E-state index >= 15 is 0 Å². The number of benzene rings is 1. The smallest absolute Gasteiger partial charge is 0.277 e. The van der Waals surface area contributed by atoms with Crippen LogP contribution in [0.1, 0.15) is 16.9 Å². The largest absolute Gasteiger partial charge is 0.482 e. The second-order valence-corrected chi connectivity index (χ2v) is 6.25. The van der Waals surface area contributed by atoms with Crippen LogP contribution in [0.15, 0.2) is 42.9 Å². The first-order valence-electron chi connectivity index (χ1n) is 6.42. The molecule has 1 aromatic carbocycles. The van der Waals surface area contributed by atoms with Gasteiger partial charge in [0.1, 0.15) is 11.5 Å². The Hall–Kier alpha value is -1.60. The molecule has 0 aliphatic rings. The van der Waals surface area contributed by atoms with Gasteiger partial charge >= 0.3 is 0 Å². The number of carbonyl (C=O) groups excluding carboxylic acids is 1. The molecule has 0 spiro atoms. The van der Waals surface area contributed by atoms with Gasteiger partial charge in [0, 0.05) is 0 Å². The van der Waals surface area contributed by atoms with Crippen LogP contribution in [0, 0.1) is 13.8 Å². The van der Waals surface area contributed by atoms with Crippen molar-refractivity contribution in [2.45, 2.75) is 13.8 Å². The van der Waals surface area contributed by atoms with Crippen LogP contribution in [0.25, 0.3) is 0 Å². The van der Waals surface area contributed by atoms with Crippen LogP contribution in [0.5, 0.6) is 5.75 Å². The average molecular weight is 430 g/mol. The number of furan rings is 1. The molecule has 2 aromatic rings. The highest BCUT2D eigenvalue weighted by atomic mass is 79.9. The molecule has 0 saturated heterocycles. The summed E-state index contributed by atoms with van der Waals surface area (Å²) in [7, 11) is 0. The summed E-state index contributed by atoms with van der Waals surface area (Å²) >= 11 is 6.61. The Bertz CT molecular complexity index is 688. The molecule has 1 heterocycles. The summed E-state index contributed by atoms with van der Waals surface area (Å²) in [6.07, 6.45) is 1.41. The molecule has 1 amide bonds. The maximum Gasteiger partial charge on any atom is 0.277 e. The van der Waals surface area contributed by atoms with E-state index in [4.69, 9.17) is 9.15 Å². The standard InChI is InChI=1S/C15H14Br2N2O3/c1-9-5-10(2)15(12(16)6-9)21-8-14(20)19-18-7-11-3-4-13(17)22-11/h3-7H,8H2,1-2H3,(H,19,20)/b18-7-. The Morgan fingerprint density at radius 1 is 1.36 bits per heavy atom. The van der Waals surface area contributed by atoms with Crippen molar-refractivity contribution >= 4 is 44.0 Å². The molecule has 0 bridgehead atoms. The first-order valence-corrected chi connectivity index (χ1v) is 8.01.